The molecule has 23 heavy (non-hydrogen) atoms. The third-order valence-corrected chi connectivity index (χ3v) is 2.66. The maximum absolute atomic E-state index is 11.9. The number of pyridine rings is 1. The quantitative estimate of drug-likeness (QED) is 0.473. The first kappa shape index (κ1) is 18.3. The zero-order valence-corrected chi connectivity index (χ0v) is 13.7. The van der Waals surface area contributed by atoms with Crippen molar-refractivity contribution in [2.45, 2.75) is 32.9 Å². The summed E-state index contributed by atoms with van der Waals surface area (Å²) in [5.41, 5.74) is -1.05. The molecule has 1 aromatic heterocycles. The predicted molar refractivity (Wildman–Crippen MR) is 79.9 cm³/mol. The van der Waals surface area contributed by atoms with Gasteiger partial charge in [-0.05, 0) is 20.8 Å². The maximum Gasteiger partial charge on any atom is 0.410 e. The lowest BCUT2D eigenvalue weighted by molar-refractivity contribution is -0.386. The molecule has 0 bridgehead atoms. The Balaban J connectivity index is 3.02. The molecule has 126 valence electrons. The van der Waals surface area contributed by atoms with Crippen LogP contribution in [0, 0.1) is 10.1 Å². The molecular weight excluding hydrogens is 306 g/mol. The summed E-state index contributed by atoms with van der Waals surface area (Å²) in [4.78, 5) is 38.9. The van der Waals surface area contributed by atoms with Crippen LogP contribution in [0.5, 0.6) is 0 Å². The SMILES string of the molecule is COC(=O)c1cnc(CN(C)C(=O)OC(C)(C)C)c([N+](=O)[O-])c1. The molecule has 9 nitrogen and oxygen atoms in total. The van der Waals surface area contributed by atoms with Crippen LogP contribution in [-0.4, -0.2) is 46.6 Å². The van der Waals surface area contributed by atoms with Crippen molar-refractivity contribution in [1.82, 2.24) is 9.88 Å². The molecule has 1 heterocycles. The molecular formula is C14H19N3O6. The van der Waals surface area contributed by atoms with E-state index in [-0.39, 0.29) is 23.5 Å². The summed E-state index contributed by atoms with van der Waals surface area (Å²) >= 11 is 0. The lowest BCUT2D eigenvalue weighted by atomic mass is 10.2. The molecule has 1 amide bonds. The van der Waals surface area contributed by atoms with Gasteiger partial charge in [-0.2, -0.15) is 0 Å². The summed E-state index contributed by atoms with van der Waals surface area (Å²) in [6, 6.07) is 1.07. The van der Waals surface area contributed by atoms with Gasteiger partial charge in [-0.25, -0.2) is 9.59 Å². The van der Waals surface area contributed by atoms with Crippen LogP contribution in [0.25, 0.3) is 0 Å². The smallest absolute Gasteiger partial charge is 0.410 e. The molecule has 0 aliphatic rings. The van der Waals surface area contributed by atoms with E-state index < -0.39 is 22.6 Å². The van der Waals surface area contributed by atoms with Crippen molar-refractivity contribution in [3.05, 3.63) is 33.6 Å². The van der Waals surface area contributed by atoms with E-state index in [9.17, 15) is 19.7 Å². The van der Waals surface area contributed by atoms with Crippen molar-refractivity contribution in [3.8, 4) is 0 Å². The van der Waals surface area contributed by atoms with Crippen molar-refractivity contribution in [2.24, 2.45) is 0 Å². The second-order valence-electron chi connectivity index (χ2n) is 5.77. The highest BCUT2D eigenvalue weighted by molar-refractivity contribution is 5.89. The first-order valence-electron chi connectivity index (χ1n) is 6.71. The Labute approximate surface area is 133 Å². The minimum absolute atomic E-state index is 0.0380. The van der Waals surface area contributed by atoms with E-state index in [2.05, 4.69) is 9.72 Å². The fourth-order valence-corrected chi connectivity index (χ4v) is 1.62. The number of hydrogen-bond donors (Lipinski definition) is 0. The van der Waals surface area contributed by atoms with Gasteiger partial charge in [-0.15, -0.1) is 0 Å². The van der Waals surface area contributed by atoms with Gasteiger partial charge >= 0.3 is 12.1 Å². The molecule has 0 aliphatic heterocycles. The number of aromatic nitrogens is 1. The molecule has 0 aliphatic carbocycles. The van der Waals surface area contributed by atoms with Gasteiger partial charge in [0.25, 0.3) is 5.69 Å². The van der Waals surface area contributed by atoms with Crippen molar-refractivity contribution in [3.63, 3.8) is 0 Å². The standard InChI is InChI=1S/C14H19N3O6/c1-14(2,3)23-13(19)16(4)8-10-11(17(20)21)6-9(7-15-10)12(18)22-5/h6-7H,8H2,1-5H3. The van der Waals surface area contributed by atoms with Crippen LogP contribution < -0.4 is 0 Å². The Kier molecular flexibility index (Phi) is 5.61. The molecule has 0 radical (unpaired) electrons. The van der Waals surface area contributed by atoms with Gasteiger partial charge < -0.3 is 14.4 Å². The number of amides is 1. The molecule has 0 aromatic carbocycles. The van der Waals surface area contributed by atoms with Gasteiger partial charge in [-0.3, -0.25) is 15.1 Å². The van der Waals surface area contributed by atoms with E-state index in [4.69, 9.17) is 4.74 Å². The molecule has 0 spiro atoms. The number of esters is 1. The van der Waals surface area contributed by atoms with E-state index in [1.807, 2.05) is 0 Å². The Morgan fingerprint density at radius 2 is 2.00 bits per heavy atom. The Hall–Kier alpha value is -2.71. The first-order chi connectivity index (χ1) is 10.5. The summed E-state index contributed by atoms with van der Waals surface area (Å²) in [7, 11) is 2.60. The third kappa shape index (κ3) is 5.20. The number of nitrogens with zero attached hydrogens (tertiary/aromatic N) is 3. The number of carbonyl (C=O) groups is 2. The number of methoxy groups -OCH3 is 1. The van der Waals surface area contributed by atoms with Crippen molar-refractivity contribution >= 4 is 17.7 Å². The van der Waals surface area contributed by atoms with Gasteiger partial charge in [-0.1, -0.05) is 0 Å². The van der Waals surface area contributed by atoms with Gasteiger partial charge in [0, 0.05) is 19.3 Å². The second kappa shape index (κ2) is 7.03. The van der Waals surface area contributed by atoms with Gasteiger partial charge in [0.1, 0.15) is 11.3 Å². The van der Waals surface area contributed by atoms with Crippen LogP contribution in [-0.2, 0) is 16.0 Å². The molecule has 0 fully saturated rings. The summed E-state index contributed by atoms with van der Waals surface area (Å²) in [5.74, 6) is -0.729. The molecule has 0 saturated carbocycles. The molecule has 0 unspecified atom stereocenters. The van der Waals surface area contributed by atoms with Gasteiger partial charge in [0.2, 0.25) is 0 Å². The Bertz CT molecular complexity index is 623. The van der Waals surface area contributed by atoms with Crippen LogP contribution in [0.15, 0.2) is 12.3 Å². The number of carbonyl (C=O) groups excluding carboxylic acids is 2. The first-order valence-corrected chi connectivity index (χ1v) is 6.71. The average molecular weight is 325 g/mol. The fourth-order valence-electron chi connectivity index (χ4n) is 1.62. The van der Waals surface area contributed by atoms with Crippen LogP contribution in [0.1, 0.15) is 36.8 Å². The highest BCUT2D eigenvalue weighted by Gasteiger charge is 2.24. The number of ether oxygens (including phenoxy) is 2. The van der Waals surface area contributed by atoms with Crippen LogP contribution >= 0.6 is 0 Å². The molecule has 9 heteroatoms. The van der Waals surface area contributed by atoms with Gasteiger partial charge in [0.05, 0.1) is 24.1 Å². The lowest BCUT2D eigenvalue weighted by Gasteiger charge is -2.24. The molecule has 0 atom stereocenters. The molecule has 0 N–H and O–H groups in total. The van der Waals surface area contributed by atoms with Crippen molar-refractivity contribution in [2.75, 3.05) is 14.2 Å². The summed E-state index contributed by atoms with van der Waals surface area (Å²) in [5, 5.41) is 11.1. The summed E-state index contributed by atoms with van der Waals surface area (Å²) < 4.78 is 9.67. The van der Waals surface area contributed by atoms with E-state index in [0.29, 0.717) is 0 Å². The monoisotopic (exact) mass is 325 g/mol. The third-order valence-electron chi connectivity index (χ3n) is 2.66. The van der Waals surface area contributed by atoms with Crippen molar-refractivity contribution in [1.29, 1.82) is 0 Å². The molecule has 1 rings (SSSR count). The molecule has 1 aromatic rings. The van der Waals surface area contributed by atoms with Crippen LogP contribution in [0.4, 0.5) is 10.5 Å². The largest absolute Gasteiger partial charge is 0.465 e. The Morgan fingerprint density at radius 3 is 2.48 bits per heavy atom. The van der Waals surface area contributed by atoms with E-state index in [0.717, 1.165) is 12.3 Å². The van der Waals surface area contributed by atoms with E-state index >= 15 is 0 Å². The van der Waals surface area contributed by atoms with E-state index in [1.54, 1.807) is 20.8 Å². The second-order valence-corrected chi connectivity index (χ2v) is 5.77. The number of rotatable bonds is 4. The molecule has 0 saturated heterocycles. The lowest BCUT2D eigenvalue weighted by Crippen LogP contribution is -2.34. The van der Waals surface area contributed by atoms with Crippen LogP contribution in [0.2, 0.25) is 0 Å². The van der Waals surface area contributed by atoms with Gasteiger partial charge in [0.15, 0.2) is 0 Å². The maximum atomic E-state index is 11.9. The normalized spacial score (nSPS) is 10.8. The average Bonchev–Trinajstić information content (AvgIpc) is 2.44. The number of nitro groups is 1. The predicted octanol–water partition coefficient (Wildman–Crippen LogP) is 2.14. The van der Waals surface area contributed by atoms with E-state index in [1.165, 1.54) is 19.1 Å². The topological polar surface area (TPSA) is 112 Å². The highest BCUT2D eigenvalue weighted by Crippen LogP contribution is 2.20. The Morgan fingerprint density at radius 1 is 1.39 bits per heavy atom. The summed E-state index contributed by atoms with van der Waals surface area (Å²) in [6.45, 7) is 5.01. The van der Waals surface area contributed by atoms with Crippen molar-refractivity contribution < 1.29 is 24.0 Å². The van der Waals surface area contributed by atoms with Crippen LogP contribution in [0.3, 0.4) is 0 Å². The zero-order valence-electron chi connectivity index (χ0n) is 13.7. The minimum atomic E-state index is -0.729. The highest BCUT2D eigenvalue weighted by atomic mass is 16.6. The zero-order chi connectivity index (χ0) is 17.8. The fraction of sp³-hybridized carbons (Fsp3) is 0.500. The number of hydrogen-bond acceptors (Lipinski definition) is 7. The minimum Gasteiger partial charge on any atom is -0.465 e. The summed E-state index contributed by atoms with van der Waals surface area (Å²) in [6.07, 6.45) is 0.530.